The largest absolute Gasteiger partial charge is 0.497 e. The van der Waals surface area contributed by atoms with Crippen molar-refractivity contribution in [2.75, 3.05) is 27.3 Å². The number of fused-ring (bicyclic) bond motifs is 2. The van der Waals surface area contributed by atoms with Gasteiger partial charge in [0.2, 0.25) is 0 Å². The van der Waals surface area contributed by atoms with Crippen molar-refractivity contribution < 1.29 is 14.3 Å². The maximum absolute atomic E-state index is 13.3. The minimum absolute atomic E-state index is 0.00570. The summed E-state index contributed by atoms with van der Waals surface area (Å²) in [5.74, 6) is 1.65. The highest BCUT2D eigenvalue weighted by Crippen LogP contribution is 2.33. The maximum Gasteiger partial charge on any atom is 0.270 e. The van der Waals surface area contributed by atoms with Gasteiger partial charge in [0, 0.05) is 48.4 Å². The molecule has 1 aliphatic heterocycles. The molecule has 7 heteroatoms. The Kier molecular flexibility index (Phi) is 4.58. The maximum atomic E-state index is 13.3. The van der Waals surface area contributed by atoms with Crippen molar-refractivity contribution in [2.24, 2.45) is 0 Å². The Labute approximate surface area is 174 Å². The van der Waals surface area contributed by atoms with Gasteiger partial charge in [-0.15, -0.1) is 0 Å². The van der Waals surface area contributed by atoms with Crippen LogP contribution in [0.25, 0.3) is 21.9 Å². The van der Waals surface area contributed by atoms with Gasteiger partial charge in [-0.05, 0) is 37.1 Å². The summed E-state index contributed by atoms with van der Waals surface area (Å²) in [6.45, 7) is 1.44. The van der Waals surface area contributed by atoms with Gasteiger partial charge in [-0.1, -0.05) is 0 Å². The summed E-state index contributed by atoms with van der Waals surface area (Å²) >= 11 is 0. The van der Waals surface area contributed by atoms with Crippen molar-refractivity contribution in [3.05, 3.63) is 54.0 Å². The fourth-order valence-corrected chi connectivity index (χ4v) is 4.36. The summed E-state index contributed by atoms with van der Waals surface area (Å²) < 4.78 is 10.8. The van der Waals surface area contributed by atoms with Gasteiger partial charge < -0.3 is 24.3 Å². The highest BCUT2D eigenvalue weighted by molar-refractivity contribution is 6.00. The molecule has 1 aromatic carbocycles. The minimum Gasteiger partial charge on any atom is -0.497 e. The minimum atomic E-state index is 0.00570. The van der Waals surface area contributed by atoms with Crippen LogP contribution in [0.5, 0.6) is 11.5 Å². The number of carbonyl (C=O) groups excluding carboxylic acids is 1. The molecule has 1 saturated heterocycles. The van der Waals surface area contributed by atoms with Crippen LogP contribution >= 0.6 is 0 Å². The third kappa shape index (κ3) is 3.16. The third-order valence-corrected chi connectivity index (χ3v) is 5.92. The zero-order valence-corrected chi connectivity index (χ0v) is 17.1. The topological polar surface area (TPSA) is 83.2 Å². The van der Waals surface area contributed by atoms with Crippen LogP contribution in [-0.4, -0.2) is 53.1 Å². The first-order valence-electron chi connectivity index (χ1n) is 10.1. The van der Waals surface area contributed by atoms with Crippen LogP contribution < -0.4 is 9.47 Å². The van der Waals surface area contributed by atoms with E-state index >= 15 is 0 Å². The summed E-state index contributed by atoms with van der Waals surface area (Å²) in [6, 6.07) is 11.6. The zero-order valence-electron chi connectivity index (χ0n) is 17.1. The van der Waals surface area contributed by atoms with E-state index in [1.807, 2.05) is 35.2 Å². The van der Waals surface area contributed by atoms with Gasteiger partial charge in [0.25, 0.3) is 5.91 Å². The van der Waals surface area contributed by atoms with Crippen molar-refractivity contribution in [1.82, 2.24) is 19.9 Å². The van der Waals surface area contributed by atoms with Gasteiger partial charge in [-0.3, -0.25) is 9.78 Å². The van der Waals surface area contributed by atoms with Crippen LogP contribution in [0.4, 0.5) is 0 Å². The molecule has 3 aromatic heterocycles. The van der Waals surface area contributed by atoms with E-state index in [0.29, 0.717) is 23.7 Å². The van der Waals surface area contributed by atoms with Gasteiger partial charge in [0.15, 0.2) is 0 Å². The zero-order chi connectivity index (χ0) is 20.7. The van der Waals surface area contributed by atoms with E-state index < -0.39 is 0 Å². The monoisotopic (exact) mass is 404 g/mol. The van der Waals surface area contributed by atoms with Gasteiger partial charge in [0.1, 0.15) is 17.2 Å². The lowest BCUT2D eigenvalue weighted by Crippen LogP contribution is -2.39. The number of nitrogens with one attached hydrogen (secondary N) is 2. The molecule has 0 radical (unpaired) electrons. The molecule has 0 spiro atoms. The number of aromatic nitrogens is 3. The number of H-pyrrole nitrogens is 2. The molecule has 0 unspecified atom stereocenters. The normalized spacial score (nSPS) is 16.9. The number of aromatic amines is 2. The summed E-state index contributed by atoms with van der Waals surface area (Å²) in [6.07, 6.45) is 3.82. The number of carbonyl (C=O) groups is 1. The van der Waals surface area contributed by atoms with E-state index in [4.69, 9.17) is 9.47 Å². The first kappa shape index (κ1) is 18.5. The quantitative estimate of drug-likeness (QED) is 0.537. The van der Waals surface area contributed by atoms with E-state index in [-0.39, 0.29) is 11.8 Å². The van der Waals surface area contributed by atoms with Crippen LogP contribution in [0, 0.1) is 0 Å². The van der Waals surface area contributed by atoms with Crippen molar-refractivity contribution in [3.8, 4) is 11.5 Å². The SMILES string of the molecule is COc1cc(OC)c2cc(C(=O)N3CCC[C@H](c4cc5ncccc5[nH]4)C3)[nH]c2c1. The third-order valence-electron chi connectivity index (χ3n) is 5.92. The van der Waals surface area contributed by atoms with Crippen LogP contribution in [-0.2, 0) is 0 Å². The number of likely N-dealkylation sites (tertiary alicyclic amines) is 1. The number of benzene rings is 1. The molecule has 1 aliphatic rings. The molecule has 154 valence electrons. The first-order chi connectivity index (χ1) is 14.7. The van der Waals surface area contributed by atoms with E-state index in [1.165, 1.54) is 0 Å². The van der Waals surface area contributed by atoms with Gasteiger partial charge in [0.05, 0.1) is 30.8 Å². The number of nitrogens with zero attached hydrogens (tertiary/aromatic N) is 2. The molecule has 4 aromatic rings. The average molecular weight is 404 g/mol. The first-order valence-corrected chi connectivity index (χ1v) is 10.1. The summed E-state index contributed by atoms with van der Waals surface area (Å²) in [5.41, 5.74) is 4.53. The van der Waals surface area contributed by atoms with Crippen LogP contribution in [0.1, 0.15) is 34.9 Å². The molecule has 30 heavy (non-hydrogen) atoms. The fraction of sp³-hybridized carbons (Fsp3) is 0.304. The number of methoxy groups -OCH3 is 2. The van der Waals surface area contributed by atoms with Gasteiger partial charge in [-0.25, -0.2) is 0 Å². The molecule has 0 bridgehead atoms. The Bertz CT molecular complexity index is 1190. The number of pyridine rings is 1. The summed E-state index contributed by atoms with van der Waals surface area (Å²) in [4.78, 5) is 26.3. The Balaban J connectivity index is 1.41. The predicted octanol–water partition coefficient (Wildman–Crippen LogP) is 4.08. The lowest BCUT2D eigenvalue weighted by molar-refractivity contribution is 0.0701. The molecule has 1 atom stereocenters. The van der Waals surface area contributed by atoms with Crippen LogP contribution in [0.3, 0.4) is 0 Å². The molecule has 4 heterocycles. The van der Waals surface area contributed by atoms with Crippen LogP contribution in [0.15, 0.2) is 42.6 Å². The summed E-state index contributed by atoms with van der Waals surface area (Å²) in [5, 5.41) is 0.872. The molecular formula is C23H24N4O3. The molecule has 7 nitrogen and oxygen atoms in total. The molecule has 1 amide bonds. The molecule has 0 saturated carbocycles. The Morgan fingerprint density at radius 2 is 2.03 bits per heavy atom. The number of rotatable bonds is 4. The van der Waals surface area contributed by atoms with Crippen LogP contribution in [0.2, 0.25) is 0 Å². The predicted molar refractivity (Wildman–Crippen MR) is 115 cm³/mol. The Morgan fingerprint density at radius 1 is 1.13 bits per heavy atom. The number of amides is 1. The lowest BCUT2D eigenvalue weighted by atomic mass is 9.94. The highest BCUT2D eigenvalue weighted by Gasteiger charge is 2.27. The van der Waals surface area contributed by atoms with Crippen molar-refractivity contribution in [1.29, 1.82) is 0 Å². The Hall–Kier alpha value is -3.48. The smallest absolute Gasteiger partial charge is 0.270 e. The average Bonchev–Trinajstić information content (AvgIpc) is 3.42. The molecule has 1 fully saturated rings. The highest BCUT2D eigenvalue weighted by atomic mass is 16.5. The second-order valence-corrected chi connectivity index (χ2v) is 7.73. The number of hydrogen-bond acceptors (Lipinski definition) is 4. The van der Waals surface area contributed by atoms with Gasteiger partial charge in [-0.2, -0.15) is 0 Å². The Morgan fingerprint density at radius 3 is 2.83 bits per heavy atom. The van der Waals surface area contributed by atoms with Crippen molar-refractivity contribution in [3.63, 3.8) is 0 Å². The fourth-order valence-electron chi connectivity index (χ4n) is 4.36. The second kappa shape index (κ2) is 7.40. The molecule has 5 rings (SSSR count). The lowest BCUT2D eigenvalue weighted by Gasteiger charge is -2.32. The summed E-state index contributed by atoms with van der Waals surface area (Å²) in [7, 11) is 3.23. The molecule has 2 N–H and O–H groups in total. The van der Waals surface area contributed by atoms with Gasteiger partial charge >= 0.3 is 0 Å². The van der Waals surface area contributed by atoms with E-state index in [0.717, 1.165) is 47.0 Å². The number of hydrogen-bond donors (Lipinski definition) is 2. The van der Waals surface area contributed by atoms with E-state index in [9.17, 15) is 4.79 Å². The number of ether oxygens (including phenoxy) is 2. The molecular weight excluding hydrogens is 380 g/mol. The van der Waals surface area contributed by atoms with E-state index in [2.05, 4.69) is 21.0 Å². The molecule has 0 aliphatic carbocycles. The van der Waals surface area contributed by atoms with Crippen molar-refractivity contribution >= 4 is 27.8 Å². The standard InChI is InChI=1S/C23H24N4O3/c1-29-15-9-19-16(22(10-15)30-2)11-21(26-19)23(28)27-8-4-5-14(13-27)18-12-20-17(25-18)6-3-7-24-20/h3,6-7,9-12,14,25-26H,4-5,8,13H2,1-2H3/t14-/m0/s1. The van der Waals surface area contributed by atoms with E-state index in [1.54, 1.807) is 20.4 Å². The second-order valence-electron chi connectivity index (χ2n) is 7.73. The number of piperidine rings is 1. The van der Waals surface area contributed by atoms with Crippen molar-refractivity contribution in [2.45, 2.75) is 18.8 Å².